The third kappa shape index (κ3) is 0.996. The lowest BCUT2D eigenvalue weighted by Crippen LogP contribution is -2.41. The lowest BCUT2D eigenvalue weighted by molar-refractivity contribution is -0.000331. The third-order valence-electron chi connectivity index (χ3n) is 6.48. The topological polar surface area (TPSA) is 0 Å². The van der Waals surface area contributed by atoms with E-state index in [2.05, 4.69) is 41.5 Å². The van der Waals surface area contributed by atoms with Crippen LogP contribution >= 0.6 is 0 Å². The summed E-state index contributed by atoms with van der Waals surface area (Å²) in [4.78, 5) is 0. The summed E-state index contributed by atoms with van der Waals surface area (Å²) in [5.41, 5.74) is 2.02. The molecule has 0 N–H and O–H groups in total. The van der Waals surface area contributed by atoms with Gasteiger partial charge in [0, 0.05) is 0 Å². The van der Waals surface area contributed by atoms with Crippen LogP contribution in [0.15, 0.2) is 0 Å². The van der Waals surface area contributed by atoms with Gasteiger partial charge in [0.25, 0.3) is 0 Å². The van der Waals surface area contributed by atoms with E-state index in [0.29, 0.717) is 10.8 Å². The predicted octanol–water partition coefficient (Wildman–Crippen LogP) is 4.89. The third-order valence-corrected chi connectivity index (χ3v) is 6.48. The Hall–Kier alpha value is 0. The molecule has 0 aromatic heterocycles. The molecule has 2 aliphatic rings. The van der Waals surface area contributed by atoms with Gasteiger partial charge in [-0.1, -0.05) is 54.4 Å². The van der Waals surface area contributed by atoms with Crippen molar-refractivity contribution in [1.29, 1.82) is 0 Å². The Morgan fingerprint density at radius 2 is 1.60 bits per heavy atom. The predicted molar refractivity (Wildman–Crippen MR) is 66.8 cm³/mol. The van der Waals surface area contributed by atoms with Crippen molar-refractivity contribution in [3.63, 3.8) is 0 Å². The fourth-order valence-electron chi connectivity index (χ4n) is 5.46. The molecule has 0 aliphatic heterocycles. The van der Waals surface area contributed by atoms with Crippen LogP contribution < -0.4 is 0 Å². The molecule has 3 atom stereocenters. The highest BCUT2D eigenvalue weighted by molar-refractivity contribution is 5.33. The molecule has 0 heteroatoms. The summed E-state index contributed by atoms with van der Waals surface area (Å²) in [6, 6.07) is 0. The first-order chi connectivity index (χ1) is 6.91. The summed E-state index contributed by atoms with van der Waals surface area (Å²) in [7, 11) is 0. The number of rotatable bonds is 4. The zero-order valence-electron chi connectivity index (χ0n) is 11.5. The molecule has 0 saturated heterocycles. The van der Waals surface area contributed by atoms with Crippen LogP contribution in [0.2, 0.25) is 0 Å². The molecule has 0 radical (unpaired) electrons. The summed E-state index contributed by atoms with van der Waals surface area (Å²) in [6.45, 7) is 14.7. The zero-order valence-corrected chi connectivity index (χ0v) is 11.5. The quantitative estimate of drug-likeness (QED) is 0.617. The number of fused-ring (bicyclic) bond motifs is 1. The van der Waals surface area contributed by atoms with Gasteiger partial charge in [0.05, 0.1) is 0 Å². The van der Waals surface area contributed by atoms with Gasteiger partial charge in [0.1, 0.15) is 0 Å². The van der Waals surface area contributed by atoms with Crippen molar-refractivity contribution in [3.8, 4) is 0 Å². The van der Waals surface area contributed by atoms with Crippen molar-refractivity contribution in [2.75, 3.05) is 0 Å². The SMILES string of the molecule is CCC(CC)C1C2(CC)CC(C)(C)C12C. The van der Waals surface area contributed by atoms with Crippen LogP contribution in [0.3, 0.4) is 0 Å². The minimum Gasteiger partial charge on any atom is -0.0651 e. The highest BCUT2D eigenvalue weighted by Crippen LogP contribution is 2.91. The summed E-state index contributed by atoms with van der Waals surface area (Å²) in [5, 5.41) is 0. The molecule has 0 nitrogen and oxygen atoms in total. The molecular weight excluding hydrogens is 180 g/mol. The van der Waals surface area contributed by atoms with E-state index in [1.165, 1.54) is 25.7 Å². The van der Waals surface area contributed by atoms with Crippen LogP contribution in [0, 0.1) is 28.1 Å². The molecule has 2 rings (SSSR count). The lowest BCUT2D eigenvalue weighted by Gasteiger charge is -2.49. The number of hydrogen-bond donors (Lipinski definition) is 0. The minimum atomic E-state index is 0.607. The largest absolute Gasteiger partial charge is 0.0651 e. The molecule has 0 aromatic rings. The van der Waals surface area contributed by atoms with Crippen molar-refractivity contribution < 1.29 is 0 Å². The van der Waals surface area contributed by atoms with Crippen LogP contribution in [0.25, 0.3) is 0 Å². The highest BCUT2D eigenvalue weighted by Gasteiger charge is 2.85. The maximum atomic E-state index is 2.57. The van der Waals surface area contributed by atoms with E-state index in [1.54, 1.807) is 0 Å². The van der Waals surface area contributed by atoms with Crippen molar-refractivity contribution >= 4 is 0 Å². The summed E-state index contributed by atoms with van der Waals surface area (Å²) in [5.74, 6) is 2.01. The number of hydrogen-bond acceptors (Lipinski definition) is 0. The van der Waals surface area contributed by atoms with Crippen molar-refractivity contribution in [2.45, 2.75) is 67.2 Å². The van der Waals surface area contributed by atoms with Gasteiger partial charge in [-0.25, -0.2) is 0 Å². The second-order valence-electron chi connectivity index (χ2n) is 6.83. The molecule has 2 saturated carbocycles. The minimum absolute atomic E-state index is 0.607. The lowest BCUT2D eigenvalue weighted by atomic mass is 9.56. The molecule has 0 aromatic carbocycles. The van der Waals surface area contributed by atoms with Gasteiger partial charge in [-0.2, -0.15) is 0 Å². The molecule has 2 fully saturated rings. The summed E-state index contributed by atoms with van der Waals surface area (Å²) in [6.07, 6.45) is 5.66. The Morgan fingerprint density at radius 3 is 1.87 bits per heavy atom. The monoisotopic (exact) mass is 208 g/mol. The van der Waals surface area contributed by atoms with E-state index >= 15 is 0 Å². The molecule has 0 spiro atoms. The molecule has 2 aliphatic carbocycles. The van der Waals surface area contributed by atoms with E-state index in [4.69, 9.17) is 0 Å². The Morgan fingerprint density at radius 1 is 1.07 bits per heavy atom. The average molecular weight is 208 g/mol. The van der Waals surface area contributed by atoms with Crippen molar-refractivity contribution in [2.24, 2.45) is 28.1 Å². The van der Waals surface area contributed by atoms with Gasteiger partial charge in [0.15, 0.2) is 0 Å². The van der Waals surface area contributed by atoms with Crippen LogP contribution in [0.1, 0.15) is 67.2 Å². The first-order valence-corrected chi connectivity index (χ1v) is 6.91. The van der Waals surface area contributed by atoms with Gasteiger partial charge < -0.3 is 0 Å². The maximum Gasteiger partial charge on any atom is -0.0178 e. The average Bonchev–Trinajstić information content (AvgIpc) is 2.66. The highest BCUT2D eigenvalue weighted by atomic mass is 14.9. The Labute approximate surface area is 95.8 Å². The first-order valence-electron chi connectivity index (χ1n) is 6.91. The summed E-state index contributed by atoms with van der Waals surface area (Å²) < 4.78 is 0. The van der Waals surface area contributed by atoms with E-state index in [9.17, 15) is 0 Å². The molecule has 0 amide bonds. The van der Waals surface area contributed by atoms with Gasteiger partial charge in [-0.05, 0) is 40.9 Å². The van der Waals surface area contributed by atoms with Gasteiger partial charge in [-0.15, -0.1) is 0 Å². The molecule has 15 heavy (non-hydrogen) atoms. The standard InChI is InChI=1S/C15H28/c1-7-11(8-2)12-14(6)13(4,5)10-15(12,14)9-3/h11-12H,7-10H2,1-6H3. The fraction of sp³-hybridized carbons (Fsp3) is 1.00. The van der Waals surface area contributed by atoms with E-state index in [1.807, 2.05) is 0 Å². The molecule has 0 bridgehead atoms. The normalized spacial score (nSPS) is 46.2. The van der Waals surface area contributed by atoms with E-state index in [-0.39, 0.29) is 0 Å². The van der Waals surface area contributed by atoms with E-state index < -0.39 is 0 Å². The van der Waals surface area contributed by atoms with Gasteiger partial charge in [-0.3, -0.25) is 0 Å². The van der Waals surface area contributed by atoms with Gasteiger partial charge >= 0.3 is 0 Å². The Bertz CT molecular complexity index is 261. The molecular formula is C15H28. The maximum absolute atomic E-state index is 2.57. The Kier molecular flexibility index (Phi) is 2.31. The van der Waals surface area contributed by atoms with Crippen molar-refractivity contribution in [1.82, 2.24) is 0 Å². The Balaban J connectivity index is 2.24. The molecule has 0 heterocycles. The van der Waals surface area contributed by atoms with E-state index in [0.717, 1.165) is 17.3 Å². The van der Waals surface area contributed by atoms with Crippen LogP contribution in [-0.2, 0) is 0 Å². The second-order valence-corrected chi connectivity index (χ2v) is 6.83. The fourth-order valence-corrected chi connectivity index (χ4v) is 5.46. The molecule has 3 unspecified atom stereocenters. The van der Waals surface area contributed by atoms with Crippen molar-refractivity contribution in [3.05, 3.63) is 0 Å². The zero-order chi connectivity index (χ0) is 11.5. The second kappa shape index (κ2) is 3.02. The van der Waals surface area contributed by atoms with Crippen LogP contribution in [0.4, 0.5) is 0 Å². The molecule has 88 valence electrons. The smallest absolute Gasteiger partial charge is 0.0178 e. The van der Waals surface area contributed by atoms with Gasteiger partial charge in [0.2, 0.25) is 0 Å². The summed E-state index contributed by atoms with van der Waals surface area (Å²) >= 11 is 0. The first kappa shape index (κ1) is 11.5. The van der Waals surface area contributed by atoms with Crippen LogP contribution in [0.5, 0.6) is 0 Å². The van der Waals surface area contributed by atoms with Crippen LogP contribution in [-0.4, -0.2) is 0 Å².